The first-order chi connectivity index (χ1) is 18.8. The van der Waals surface area contributed by atoms with E-state index < -0.39 is 15.9 Å². The van der Waals surface area contributed by atoms with E-state index in [0.29, 0.717) is 36.5 Å². The molecule has 1 aliphatic rings. The van der Waals surface area contributed by atoms with E-state index in [-0.39, 0.29) is 35.6 Å². The van der Waals surface area contributed by atoms with Crippen LogP contribution in [0.1, 0.15) is 23.2 Å². The highest BCUT2D eigenvalue weighted by Crippen LogP contribution is 2.26. The summed E-state index contributed by atoms with van der Waals surface area (Å²) in [4.78, 5) is 39.5. The Morgan fingerprint density at radius 2 is 1.56 bits per heavy atom. The number of rotatable bonds is 11. The Morgan fingerprint density at radius 3 is 2.23 bits per heavy atom. The molecule has 3 aromatic rings. The lowest BCUT2D eigenvalue weighted by Gasteiger charge is -2.16. The van der Waals surface area contributed by atoms with Gasteiger partial charge in [-0.2, -0.15) is 0 Å². The number of amides is 3. The minimum Gasteiger partial charge on any atom is -0.385 e. The van der Waals surface area contributed by atoms with Crippen molar-refractivity contribution < 1.29 is 27.5 Å². The van der Waals surface area contributed by atoms with E-state index >= 15 is 0 Å². The number of para-hydroxylation sites is 1. The number of nitrogens with one attached hydrogen (secondary N) is 3. The molecule has 0 spiro atoms. The molecular weight excluding hydrogens is 520 g/mol. The molecule has 0 radical (unpaired) electrons. The molecule has 4 rings (SSSR count). The topological polar surface area (TPSA) is 134 Å². The van der Waals surface area contributed by atoms with Gasteiger partial charge in [0.1, 0.15) is 0 Å². The number of hydrogen-bond acceptors (Lipinski definition) is 6. The predicted octanol–water partition coefficient (Wildman–Crippen LogP) is 3.25. The molecular formula is C28H30N4O6S. The molecule has 0 bridgehead atoms. The normalized spacial score (nSPS) is 15.3. The van der Waals surface area contributed by atoms with Gasteiger partial charge in [0.05, 0.1) is 10.8 Å². The van der Waals surface area contributed by atoms with Crippen LogP contribution < -0.4 is 20.3 Å². The molecule has 3 N–H and O–H groups in total. The molecule has 1 unspecified atom stereocenters. The molecule has 0 aliphatic carbocycles. The maximum atomic E-state index is 12.8. The lowest BCUT2D eigenvalue weighted by molar-refractivity contribution is -0.122. The SMILES string of the molecule is COCCCNS(=O)(=O)c1ccc(NC(=O)c2ccc(NC(=O)C3CC(=O)N(c4ccccc4)C3)cc2)cc1. The van der Waals surface area contributed by atoms with Gasteiger partial charge in [0.25, 0.3) is 5.91 Å². The Bertz CT molecular complexity index is 1410. The van der Waals surface area contributed by atoms with Gasteiger partial charge < -0.3 is 20.3 Å². The minimum absolute atomic E-state index is 0.0915. The predicted molar refractivity (Wildman–Crippen MR) is 148 cm³/mol. The van der Waals surface area contributed by atoms with Gasteiger partial charge in [-0.25, -0.2) is 13.1 Å². The number of sulfonamides is 1. The third kappa shape index (κ3) is 7.29. The van der Waals surface area contributed by atoms with E-state index in [2.05, 4.69) is 15.4 Å². The number of methoxy groups -OCH3 is 1. The molecule has 1 heterocycles. The first-order valence-corrected chi connectivity index (χ1v) is 13.9. The van der Waals surface area contributed by atoms with Gasteiger partial charge in [-0.15, -0.1) is 0 Å². The Labute approximate surface area is 227 Å². The Kier molecular flexibility index (Phi) is 9.07. The van der Waals surface area contributed by atoms with Crippen LogP contribution in [0.25, 0.3) is 0 Å². The van der Waals surface area contributed by atoms with Crippen molar-refractivity contribution in [1.82, 2.24) is 4.72 Å². The van der Waals surface area contributed by atoms with Gasteiger partial charge in [0, 0.05) is 55.9 Å². The largest absolute Gasteiger partial charge is 0.385 e. The van der Waals surface area contributed by atoms with Crippen LogP contribution in [-0.2, 0) is 24.3 Å². The third-order valence-corrected chi connectivity index (χ3v) is 7.70. The fraction of sp³-hybridized carbons (Fsp3) is 0.250. The number of carbonyl (C=O) groups excluding carboxylic acids is 3. The minimum atomic E-state index is -3.65. The van der Waals surface area contributed by atoms with Crippen LogP contribution in [0.5, 0.6) is 0 Å². The molecule has 1 atom stereocenters. The highest BCUT2D eigenvalue weighted by molar-refractivity contribution is 7.89. The summed E-state index contributed by atoms with van der Waals surface area (Å²) in [6.07, 6.45) is 0.685. The number of benzene rings is 3. The molecule has 0 aromatic heterocycles. The third-order valence-electron chi connectivity index (χ3n) is 6.22. The van der Waals surface area contributed by atoms with Crippen molar-refractivity contribution in [1.29, 1.82) is 0 Å². The van der Waals surface area contributed by atoms with Crippen molar-refractivity contribution >= 4 is 44.8 Å². The highest BCUT2D eigenvalue weighted by atomic mass is 32.2. The maximum Gasteiger partial charge on any atom is 0.255 e. The smallest absolute Gasteiger partial charge is 0.255 e. The second-order valence-electron chi connectivity index (χ2n) is 9.03. The van der Waals surface area contributed by atoms with Crippen molar-refractivity contribution in [3.8, 4) is 0 Å². The van der Waals surface area contributed by atoms with E-state index in [4.69, 9.17) is 4.74 Å². The van der Waals surface area contributed by atoms with Gasteiger partial charge in [-0.05, 0) is 67.1 Å². The monoisotopic (exact) mass is 550 g/mol. The van der Waals surface area contributed by atoms with Crippen molar-refractivity contribution in [2.75, 3.05) is 42.3 Å². The molecule has 204 valence electrons. The second-order valence-corrected chi connectivity index (χ2v) is 10.8. The quantitative estimate of drug-likeness (QED) is 0.314. The van der Waals surface area contributed by atoms with Gasteiger partial charge in [0.2, 0.25) is 21.8 Å². The van der Waals surface area contributed by atoms with Crippen LogP contribution in [-0.4, -0.2) is 52.9 Å². The lowest BCUT2D eigenvalue weighted by Crippen LogP contribution is -2.28. The summed E-state index contributed by atoms with van der Waals surface area (Å²) in [5, 5.41) is 5.54. The van der Waals surface area contributed by atoms with E-state index in [1.54, 1.807) is 36.3 Å². The Hall–Kier alpha value is -4.06. The molecule has 39 heavy (non-hydrogen) atoms. The summed E-state index contributed by atoms with van der Waals surface area (Å²) in [7, 11) is -2.10. The van der Waals surface area contributed by atoms with Gasteiger partial charge in [-0.1, -0.05) is 18.2 Å². The fourth-order valence-corrected chi connectivity index (χ4v) is 5.19. The number of anilines is 3. The van der Waals surface area contributed by atoms with Crippen LogP contribution in [0.3, 0.4) is 0 Å². The van der Waals surface area contributed by atoms with Crippen LogP contribution in [0.15, 0.2) is 83.8 Å². The summed E-state index contributed by atoms with van der Waals surface area (Å²) in [6, 6.07) is 21.5. The molecule has 3 amide bonds. The first kappa shape index (κ1) is 28.0. The zero-order valence-corrected chi connectivity index (χ0v) is 22.2. The Morgan fingerprint density at radius 1 is 0.923 bits per heavy atom. The van der Waals surface area contributed by atoms with Gasteiger partial charge >= 0.3 is 0 Å². The number of carbonyl (C=O) groups is 3. The lowest BCUT2D eigenvalue weighted by atomic mass is 10.1. The highest BCUT2D eigenvalue weighted by Gasteiger charge is 2.35. The van der Waals surface area contributed by atoms with Crippen LogP contribution in [0.4, 0.5) is 17.1 Å². The summed E-state index contributed by atoms with van der Waals surface area (Å²) in [5.74, 6) is -1.23. The van der Waals surface area contributed by atoms with E-state index in [0.717, 1.165) is 5.69 Å². The molecule has 3 aromatic carbocycles. The molecule has 10 nitrogen and oxygen atoms in total. The number of hydrogen-bond donors (Lipinski definition) is 3. The second kappa shape index (κ2) is 12.7. The van der Waals surface area contributed by atoms with Crippen molar-refractivity contribution in [2.45, 2.75) is 17.7 Å². The molecule has 1 fully saturated rings. The molecule has 1 saturated heterocycles. The van der Waals surface area contributed by atoms with Crippen molar-refractivity contribution in [3.05, 3.63) is 84.4 Å². The van der Waals surface area contributed by atoms with Gasteiger partial charge in [-0.3, -0.25) is 14.4 Å². The van der Waals surface area contributed by atoms with Crippen LogP contribution >= 0.6 is 0 Å². The average molecular weight is 551 g/mol. The van der Waals surface area contributed by atoms with Crippen molar-refractivity contribution in [2.24, 2.45) is 5.92 Å². The standard InChI is InChI=1S/C28H30N4O6S/c1-38-17-5-16-29-39(36,37)25-14-12-23(13-15-25)30-27(34)20-8-10-22(11-9-20)31-28(35)21-18-26(33)32(19-21)24-6-3-2-4-7-24/h2-4,6-15,21,29H,5,16-19H2,1H3,(H,30,34)(H,31,35). The van der Waals surface area contributed by atoms with E-state index in [1.807, 2.05) is 30.3 Å². The summed E-state index contributed by atoms with van der Waals surface area (Å²) < 4.78 is 32.1. The Balaban J connectivity index is 1.30. The summed E-state index contributed by atoms with van der Waals surface area (Å²) >= 11 is 0. The zero-order valence-electron chi connectivity index (χ0n) is 21.4. The summed E-state index contributed by atoms with van der Waals surface area (Å²) in [5.41, 5.74) is 2.06. The molecule has 11 heteroatoms. The zero-order chi connectivity index (χ0) is 27.8. The van der Waals surface area contributed by atoms with Gasteiger partial charge in [0.15, 0.2) is 0 Å². The number of ether oxygens (including phenoxy) is 1. The number of nitrogens with zero attached hydrogens (tertiary/aromatic N) is 1. The van der Waals surface area contributed by atoms with Crippen molar-refractivity contribution in [3.63, 3.8) is 0 Å². The maximum absolute atomic E-state index is 12.8. The van der Waals surface area contributed by atoms with Crippen LogP contribution in [0.2, 0.25) is 0 Å². The molecule has 0 saturated carbocycles. The van der Waals surface area contributed by atoms with Crippen LogP contribution in [0, 0.1) is 5.92 Å². The van der Waals surface area contributed by atoms with E-state index in [1.165, 1.54) is 24.3 Å². The summed E-state index contributed by atoms with van der Waals surface area (Å²) in [6.45, 7) is 1.02. The molecule has 1 aliphatic heterocycles. The van der Waals surface area contributed by atoms with E-state index in [9.17, 15) is 22.8 Å². The first-order valence-electron chi connectivity index (χ1n) is 12.4. The fourth-order valence-electron chi connectivity index (χ4n) is 4.12. The average Bonchev–Trinajstić information content (AvgIpc) is 3.34.